The Kier molecular flexibility index (Phi) is 7.15. The molecule has 36 heavy (non-hydrogen) atoms. The van der Waals surface area contributed by atoms with Crippen LogP contribution >= 0.6 is 11.8 Å². The second kappa shape index (κ2) is 11.0. The van der Waals surface area contributed by atoms with E-state index < -0.39 is 0 Å². The number of amides is 1. The molecule has 0 radical (unpaired) electrons. The van der Waals surface area contributed by atoms with E-state index in [1.54, 1.807) is 13.2 Å². The molecule has 6 heteroatoms. The number of carbonyl (C=O) groups excluding carboxylic acids is 1. The van der Waals surface area contributed by atoms with Crippen LogP contribution in [-0.2, 0) is 4.79 Å². The van der Waals surface area contributed by atoms with Gasteiger partial charge in [-0.2, -0.15) is 0 Å². The molecule has 5 rings (SSSR count). The number of nitrogens with zero attached hydrogens (tertiary/aromatic N) is 2. The predicted octanol–water partition coefficient (Wildman–Crippen LogP) is 6.95. The monoisotopic (exact) mass is 491 g/mol. The van der Waals surface area contributed by atoms with Crippen LogP contribution in [0.15, 0.2) is 120 Å². The summed E-state index contributed by atoms with van der Waals surface area (Å²) in [6, 6.07) is 37.9. The average molecular weight is 492 g/mol. The Labute approximate surface area is 214 Å². The van der Waals surface area contributed by atoms with Crippen LogP contribution in [0.3, 0.4) is 0 Å². The first-order valence-electron chi connectivity index (χ1n) is 11.6. The highest BCUT2D eigenvalue weighted by Crippen LogP contribution is 2.38. The van der Waals surface area contributed by atoms with E-state index in [4.69, 9.17) is 9.72 Å². The summed E-state index contributed by atoms with van der Waals surface area (Å²) in [7, 11) is 1.61. The Balaban J connectivity index is 1.54. The Bertz CT molecular complexity index is 1450. The van der Waals surface area contributed by atoms with E-state index in [1.807, 2.05) is 72.8 Å². The molecular weight excluding hydrogens is 466 g/mol. The maximum atomic E-state index is 12.9. The Hall–Kier alpha value is -4.29. The quantitative estimate of drug-likeness (QED) is 0.239. The van der Waals surface area contributed by atoms with Crippen molar-refractivity contribution in [1.82, 2.24) is 9.55 Å². The number of methoxy groups -OCH3 is 1. The molecule has 0 unspecified atom stereocenters. The third-order valence-corrected chi connectivity index (χ3v) is 6.58. The van der Waals surface area contributed by atoms with Crippen LogP contribution in [0.5, 0.6) is 5.75 Å². The van der Waals surface area contributed by atoms with Gasteiger partial charge in [0.15, 0.2) is 5.16 Å². The number of imidazole rings is 1. The fourth-order valence-electron chi connectivity index (χ4n) is 4.00. The van der Waals surface area contributed by atoms with Crippen LogP contribution in [0.25, 0.3) is 28.2 Å². The Morgan fingerprint density at radius 2 is 1.47 bits per heavy atom. The van der Waals surface area contributed by atoms with Crippen LogP contribution in [0.1, 0.15) is 0 Å². The van der Waals surface area contributed by atoms with Crippen molar-refractivity contribution in [2.45, 2.75) is 5.16 Å². The molecule has 1 heterocycles. The molecule has 0 aliphatic carbocycles. The van der Waals surface area contributed by atoms with Crippen molar-refractivity contribution in [1.29, 1.82) is 0 Å². The van der Waals surface area contributed by atoms with E-state index in [2.05, 4.69) is 46.3 Å². The zero-order chi connectivity index (χ0) is 24.7. The predicted molar refractivity (Wildman–Crippen MR) is 147 cm³/mol. The summed E-state index contributed by atoms with van der Waals surface area (Å²) < 4.78 is 7.40. The molecule has 0 saturated heterocycles. The molecule has 0 atom stereocenters. The van der Waals surface area contributed by atoms with Crippen molar-refractivity contribution >= 4 is 23.4 Å². The van der Waals surface area contributed by atoms with E-state index in [-0.39, 0.29) is 11.7 Å². The third-order valence-electron chi connectivity index (χ3n) is 5.64. The highest BCUT2D eigenvalue weighted by atomic mass is 32.2. The smallest absolute Gasteiger partial charge is 0.234 e. The van der Waals surface area contributed by atoms with Gasteiger partial charge in [0.25, 0.3) is 0 Å². The van der Waals surface area contributed by atoms with Crippen LogP contribution in [0.2, 0.25) is 0 Å². The van der Waals surface area contributed by atoms with E-state index in [1.165, 1.54) is 11.8 Å². The Morgan fingerprint density at radius 1 is 0.833 bits per heavy atom. The van der Waals surface area contributed by atoms with E-state index in [9.17, 15) is 4.79 Å². The number of hydrogen-bond donors (Lipinski definition) is 1. The maximum Gasteiger partial charge on any atom is 0.234 e. The van der Waals surface area contributed by atoms with Crippen molar-refractivity contribution in [3.05, 3.63) is 115 Å². The topological polar surface area (TPSA) is 56.1 Å². The lowest BCUT2D eigenvalue weighted by atomic mass is 10.0. The number of ether oxygens (including phenoxy) is 1. The van der Waals surface area contributed by atoms with Gasteiger partial charge >= 0.3 is 0 Å². The van der Waals surface area contributed by atoms with Crippen molar-refractivity contribution in [2.75, 3.05) is 18.2 Å². The molecular formula is C30H25N3O2S. The van der Waals surface area contributed by atoms with E-state index in [0.717, 1.165) is 33.4 Å². The second-order valence-electron chi connectivity index (χ2n) is 8.06. The average Bonchev–Trinajstić information content (AvgIpc) is 3.33. The molecule has 178 valence electrons. The van der Waals surface area contributed by atoms with Crippen molar-refractivity contribution in [3.8, 4) is 34.0 Å². The first-order valence-corrected chi connectivity index (χ1v) is 12.6. The van der Waals surface area contributed by atoms with Gasteiger partial charge in [0.1, 0.15) is 5.75 Å². The molecule has 5 aromatic rings. The number of hydrogen-bond acceptors (Lipinski definition) is 4. The number of anilines is 1. The van der Waals surface area contributed by atoms with Crippen molar-refractivity contribution in [3.63, 3.8) is 0 Å². The van der Waals surface area contributed by atoms with E-state index in [0.29, 0.717) is 11.4 Å². The van der Waals surface area contributed by atoms with Crippen LogP contribution < -0.4 is 10.1 Å². The molecule has 0 aliphatic heterocycles. The maximum absolute atomic E-state index is 12.9. The normalized spacial score (nSPS) is 10.7. The third kappa shape index (κ3) is 5.19. The zero-order valence-corrected chi connectivity index (χ0v) is 20.6. The van der Waals surface area contributed by atoms with Gasteiger partial charge in [-0.05, 0) is 24.3 Å². The lowest BCUT2D eigenvalue weighted by Crippen LogP contribution is -2.14. The van der Waals surface area contributed by atoms with Crippen LogP contribution in [0.4, 0.5) is 5.69 Å². The summed E-state index contributed by atoms with van der Waals surface area (Å²) in [4.78, 5) is 17.9. The minimum atomic E-state index is -0.113. The van der Waals surface area contributed by atoms with Crippen LogP contribution in [0, 0.1) is 0 Å². The fraction of sp³-hybridized carbons (Fsp3) is 0.0667. The number of carbonyl (C=O) groups is 1. The summed E-state index contributed by atoms with van der Waals surface area (Å²) in [6.45, 7) is 0. The highest BCUT2D eigenvalue weighted by Gasteiger charge is 2.22. The molecule has 5 nitrogen and oxygen atoms in total. The molecule has 1 N–H and O–H groups in total. The Morgan fingerprint density at radius 3 is 2.14 bits per heavy atom. The summed E-state index contributed by atoms with van der Waals surface area (Å²) in [5, 5.41) is 3.70. The fourth-order valence-corrected chi connectivity index (χ4v) is 4.81. The first-order chi connectivity index (χ1) is 17.7. The number of nitrogens with one attached hydrogen (secondary N) is 1. The summed E-state index contributed by atoms with van der Waals surface area (Å²) >= 11 is 1.41. The van der Waals surface area contributed by atoms with Crippen LogP contribution in [-0.4, -0.2) is 28.3 Å². The molecule has 1 aromatic heterocycles. The largest absolute Gasteiger partial charge is 0.497 e. The highest BCUT2D eigenvalue weighted by molar-refractivity contribution is 7.99. The summed E-state index contributed by atoms with van der Waals surface area (Å²) in [5.41, 5.74) is 5.63. The number of thioether (sulfide) groups is 1. The molecule has 0 saturated carbocycles. The van der Waals surface area contributed by atoms with Gasteiger partial charge in [-0.15, -0.1) is 0 Å². The summed E-state index contributed by atoms with van der Waals surface area (Å²) in [6.07, 6.45) is 0. The van der Waals surface area contributed by atoms with Gasteiger partial charge in [0, 0.05) is 28.6 Å². The minimum absolute atomic E-state index is 0.113. The van der Waals surface area contributed by atoms with Gasteiger partial charge in [0.2, 0.25) is 5.91 Å². The zero-order valence-electron chi connectivity index (χ0n) is 19.8. The number of benzene rings is 4. The van der Waals surface area contributed by atoms with E-state index >= 15 is 0 Å². The van der Waals surface area contributed by atoms with Gasteiger partial charge in [0.05, 0.1) is 24.3 Å². The molecule has 0 fully saturated rings. The lowest BCUT2D eigenvalue weighted by molar-refractivity contribution is -0.113. The number of aromatic nitrogens is 2. The summed E-state index contributed by atoms with van der Waals surface area (Å²) in [5.74, 6) is 0.794. The SMILES string of the molecule is COc1cccc(NC(=O)CSc2nc(-c3ccccc3)c(-c3ccccc3)n2-c2ccccc2)c1. The second-order valence-corrected chi connectivity index (χ2v) is 9.01. The standard InChI is InChI=1S/C30H25N3O2S/c1-35-26-19-11-16-24(20-26)31-27(34)21-36-30-32-28(22-12-5-2-6-13-22)29(23-14-7-3-8-15-23)33(30)25-17-9-4-10-18-25/h2-20H,21H2,1H3,(H,31,34). The first kappa shape index (κ1) is 23.5. The van der Waals surface area contributed by atoms with Gasteiger partial charge in [-0.25, -0.2) is 4.98 Å². The number of rotatable bonds is 8. The van der Waals surface area contributed by atoms with Gasteiger partial charge < -0.3 is 10.1 Å². The van der Waals surface area contributed by atoms with Crippen molar-refractivity contribution in [2.24, 2.45) is 0 Å². The van der Waals surface area contributed by atoms with Gasteiger partial charge in [-0.1, -0.05) is 96.7 Å². The molecule has 4 aromatic carbocycles. The molecule has 0 aliphatic rings. The number of para-hydroxylation sites is 1. The van der Waals surface area contributed by atoms with Gasteiger partial charge in [-0.3, -0.25) is 9.36 Å². The minimum Gasteiger partial charge on any atom is -0.497 e. The molecule has 0 spiro atoms. The molecule has 0 bridgehead atoms. The van der Waals surface area contributed by atoms with Crippen molar-refractivity contribution < 1.29 is 9.53 Å². The molecule has 1 amide bonds. The lowest BCUT2D eigenvalue weighted by Gasteiger charge is -2.13.